The third-order valence-corrected chi connectivity index (χ3v) is 11.3. The maximum absolute atomic E-state index is 13.2. The van der Waals surface area contributed by atoms with E-state index in [1.165, 1.54) is 15.3 Å². The number of anilines is 1. The molecule has 4 aromatic carbocycles. The van der Waals surface area contributed by atoms with E-state index in [2.05, 4.69) is 48.4 Å². The molecule has 0 amide bonds. The fraction of sp³-hybridized carbons (Fsp3) is 0.121. The minimum absolute atomic E-state index is 0.0624. The van der Waals surface area contributed by atoms with E-state index >= 15 is 0 Å². The lowest BCUT2D eigenvalue weighted by molar-refractivity contribution is 0.0359. The van der Waals surface area contributed by atoms with Crippen LogP contribution in [0.1, 0.15) is 11.1 Å². The lowest BCUT2D eigenvalue weighted by Gasteiger charge is -2.31. The summed E-state index contributed by atoms with van der Waals surface area (Å²) in [6, 6.07) is 29.3. The Hall–Kier alpha value is -3.73. The molecule has 2 atom stereocenters. The largest absolute Gasteiger partial charge is 0.358 e. The first-order valence-corrected chi connectivity index (χ1v) is 16.6. The molecular formula is C33H28N3O3S3+. The lowest BCUT2D eigenvalue weighted by atomic mass is 9.99. The van der Waals surface area contributed by atoms with Crippen LogP contribution in [-0.2, 0) is 14.4 Å². The normalized spacial score (nSPS) is 20.7. The number of para-hydroxylation sites is 2. The Kier molecular flexibility index (Phi) is 6.60. The Bertz CT molecular complexity index is 1980. The molecule has 0 saturated heterocycles. The molecule has 0 fully saturated rings. The van der Waals surface area contributed by atoms with Crippen molar-refractivity contribution >= 4 is 60.4 Å². The van der Waals surface area contributed by atoms with Crippen LogP contribution in [-0.4, -0.2) is 32.9 Å². The molecule has 3 heterocycles. The number of allylic oxidation sites excluding steroid dienone is 2. The highest BCUT2D eigenvalue weighted by atomic mass is 32.2. The number of nitrogens with zero attached hydrogens (tertiary/aromatic N) is 3. The molecule has 2 aliphatic rings. The molecule has 0 aliphatic carbocycles. The molecule has 7 rings (SSSR count). The van der Waals surface area contributed by atoms with Gasteiger partial charge in [0.1, 0.15) is 18.3 Å². The summed E-state index contributed by atoms with van der Waals surface area (Å²) in [5.41, 5.74) is 7.00. The van der Waals surface area contributed by atoms with Crippen molar-refractivity contribution in [2.75, 3.05) is 19.0 Å². The summed E-state index contributed by atoms with van der Waals surface area (Å²) in [7, 11) is -0.165. The van der Waals surface area contributed by atoms with Crippen molar-refractivity contribution in [2.45, 2.75) is 22.1 Å². The van der Waals surface area contributed by atoms with Gasteiger partial charge in [-0.25, -0.2) is 4.98 Å². The first kappa shape index (κ1) is 27.1. The molecule has 0 saturated carbocycles. The third-order valence-electron chi connectivity index (χ3n) is 7.63. The Morgan fingerprint density at radius 3 is 2.55 bits per heavy atom. The van der Waals surface area contributed by atoms with Gasteiger partial charge >= 0.3 is 10.1 Å². The van der Waals surface area contributed by atoms with Gasteiger partial charge in [0.05, 0.1) is 26.2 Å². The van der Waals surface area contributed by atoms with Crippen LogP contribution in [0, 0.1) is 6.92 Å². The number of hydroxylamine groups is 2. The monoisotopic (exact) mass is 610 g/mol. The quantitative estimate of drug-likeness (QED) is 0.188. The highest BCUT2D eigenvalue weighted by Gasteiger charge is 2.39. The average molecular weight is 611 g/mol. The first-order chi connectivity index (χ1) is 20.2. The second-order valence-electron chi connectivity index (χ2n) is 10.6. The van der Waals surface area contributed by atoms with Gasteiger partial charge in [-0.3, -0.25) is 0 Å². The number of aryl methyl sites for hydroxylation is 1. The van der Waals surface area contributed by atoms with Crippen molar-refractivity contribution < 1.29 is 12.7 Å². The SMILES string of the molecule is Cc1ccc(S(=O)(=O)O[N+]2(C)C=CC(=CC3Sc4cc(-c5nc6ccccc6s5)ccc4N3C)c3ccccc32)cc1. The predicted octanol–water partition coefficient (Wildman–Crippen LogP) is 8.01. The van der Waals surface area contributed by atoms with Gasteiger partial charge in [-0.2, -0.15) is 8.42 Å². The summed E-state index contributed by atoms with van der Waals surface area (Å²) < 4.78 is 33.2. The van der Waals surface area contributed by atoms with Crippen LogP contribution in [0.25, 0.3) is 26.4 Å². The molecule has 6 nitrogen and oxygen atoms in total. The van der Waals surface area contributed by atoms with Crippen LogP contribution >= 0.6 is 23.1 Å². The van der Waals surface area contributed by atoms with E-state index in [1.54, 1.807) is 60.6 Å². The predicted molar refractivity (Wildman–Crippen MR) is 174 cm³/mol. The maximum atomic E-state index is 13.2. The molecule has 5 aromatic rings. The number of likely N-dealkylation sites (N-methyl/N-ethyl adjacent to an activating group) is 1. The third kappa shape index (κ3) is 4.77. The van der Waals surface area contributed by atoms with E-state index in [-0.39, 0.29) is 14.9 Å². The maximum Gasteiger partial charge on any atom is 0.343 e. The molecule has 2 aliphatic heterocycles. The van der Waals surface area contributed by atoms with E-state index in [9.17, 15) is 8.42 Å². The summed E-state index contributed by atoms with van der Waals surface area (Å²) >= 11 is 3.51. The Labute approximate surface area is 253 Å². The zero-order valence-corrected chi connectivity index (χ0v) is 25.7. The molecule has 1 aromatic heterocycles. The minimum atomic E-state index is -4.01. The van der Waals surface area contributed by atoms with Gasteiger partial charge in [0.15, 0.2) is 5.69 Å². The van der Waals surface area contributed by atoms with Gasteiger partial charge < -0.3 is 4.90 Å². The number of hydrogen-bond donors (Lipinski definition) is 0. The van der Waals surface area contributed by atoms with Gasteiger partial charge in [-0.05, 0) is 67.1 Å². The number of rotatable bonds is 5. The molecule has 0 bridgehead atoms. The second-order valence-corrected chi connectivity index (χ2v) is 14.3. The topological polar surface area (TPSA) is 59.5 Å². The minimum Gasteiger partial charge on any atom is -0.358 e. The fourth-order valence-corrected chi connectivity index (χ4v) is 8.66. The van der Waals surface area contributed by atoms with E-state index in [4.69, 9.17) is 9.27 Å². The molecule has 210 valence electrons. The molecule has 0 spiro atoms. The number of thiazole rings is 1. The van der Waals surface area contributed by atoms with Crippen LogP contribution in [0.4, 0.5) is 11.4 Å². The van der Waals surface area contributed by atoms with Crippen molar-refractivity contribution in [3.8, 4) is 10.6 Å². The van der Waals surface area contributed by atoms with Gasteiger partial charge in [-0.15, -0.1) is 16.0 Å². The average Bonchev–Trinajstić information content (AvgIpc) is 3.55. The zero-order chi connectivity index (χ0) is 29.1. The molecule has 2 unspecified atom stereocenters. The van der Waals surface area contributed by atoms with E-state index < -0.39 is 10.1 Å². The number of fused-ring (bicyclic) bond motifs is 3. The molecule has 9 heteroatoms. The number of quaternary nitrogens is 1. The van der Waals surface area contributed by atoms with Crippen molar-refractivity contribution in [3.05, 3.63) is 120 Å². The summed E-state index contributed by atoms with van der Waals surface area (Å²) in [6.07, 6.45) is 5.98. The molecule has 42 heavy (non-hydrogen) atoms. The van der Waals surface area contributed by atoms with Crippen LogP contribution in [0.5, 0.6) is 0 Å². The van der Waals surface area contributed by atoms with Crippen LogP contribution < -0.4 is 9.55 Å². The fourth-order valence-electron chi connectivity index (χ4n) is 5.33. The van der Waals surface area contributed by atoms with Crippen molar-refractivity contribution in [1.29, 1.82) is 0 Å². The Morgan fingerprint density at radius 2 is 1.74 bits per heavy atom. The number of thioether (sulfide) groups is 1. The highest BCUT2D eigenvalue weighted by Crippen LogP contribution is 2.47. The Morgan fingerprint density at radius 1 is 0.976 bits per heavy atom. The summed E-state index contributed by atoms with van der Waals surface area (Å²) in [4.78, 5) is 8.45. The van der Waals surface area contributed by atoms with Crippen molar-refractivity contribution in [3.63, 3.8) is 0 Å². The zero-order valence-electron chi connectivity index (χ0n) is 23.3. The smallest absolute Gasteiger partial charge is 0.343 e. The van der Waals surface area contributed by atoms with E-state index in [1.807, 2.05) is 49.4 Å². The molecular weight excluding hydrogens is 583 g/mol. The number of benzene rings is 4. The summed E-state index contributed by atoms with van der Waals surface area (Å²) in [5.74, 6) is 0. The standard InChI is InChI=1S/C33H28N3O3S3/c1-22-12-15-25(16-13-22)42(37,38)39-36(3)19-18-23(26-8-4-6-10-29(26)36)21-32-35(2)28-17-14-24(20-31(28)40-32)33-34-27-9-5-7-11-30(27)41-33/h4-21,32H,1-3H3/q+1. The lowest BCUT2D eigenvalue weighted by Crippen LogP contribution is -2.43. The van der Waals surface area contributed by atoms with Gasteiger partial charge in [-0.1, -0.05) is 58.0 Å². The van der Waals surface area contributed by atoms with E-state index in [0.29, 0.717) is 0 Å². The van der Waals surface area contributed by atoms with Crippen LogP contribution in [0.3, 0.4) is 0 Å². The van der Waals surface area contributed by atoms with Crippen molar-refractivity contribution in [1.82, 2.24) is 9.63 Å². The summed E-state index contributed by atoms with van der Waals surface area (Å²) in [6.45, 7) is 1.92. The molecule has 0 radical (unpaired) electrons. The Balaban J connectivity index is 1.18. The highest BCUT2D eigenvalue weighted by molar-refractivity contribution is 8.00. The van der Waals surface area contributed by atoms with Gasteiger partial charge in [0.25, 0.3) is 0 Å². The molecule has 0 N–H and O–H groups in total. The van der Waals surface area contributed by atoms with E-state index in [0.717, 1.165) is 38.5 Å². The van der Waals surface area contributed by atoms with Crippen molar-refractivity contribution in [2.24, 2.45) is 0 Å². The summed E-state index contributed by atoms with van der Waals surface area (Å²) in [5, 5.41) is 1.08. The second kappa shape index (κ2) is 10.2. The van der Waals surface area contributed by atoms with Crippen LogP contribution in [0.2, 0.25) is 0 Å². The van der Waals surface area contributed by atoms with Gasteiger partial charge in [0, 0.05) is 35.2 Å². The van der Waals surface area contributed by atoms with Gasteiger partial charge in [0.2, 0.25) is 0 Å². The number of hydrogen-bond acceptors (Lipinski definition) is 7. The van der Waals surface area contributed by atoms with Crippen LogP contribution in [0.15, 0.2) is 119 Å². The number of aromatic nitrogens is 1. The first-order valence-electron chi connectivity index (χ1n) is 13.5.